The Balaban J connectivity index is 1.59. The molecule has 4 rings (SSSR count). The van der Waals surface area contributed by atoms with E-state index in [4.69, 9.17) is 30.8 Å². The monoisotopic (exact) mass is 599 g/mol. The summed E-state index contributed by atoms with van der Waals surface area (Å²) in [5.41, 5.74) is 25.8. The first-order valence-corrected chi connectivity index (χ1v) is 16.2. The second-order valence-corrected chi connectivity index (χ2v) is 13.5. The third-order valence-corrected chi connectivity index (χ3v) is 11.6. The fraction of sp³-hybridized carbons (Fsp3) is 0.967. The highest BCUT2D eigenvalue weighted by Gasteiger charge is 2.66. The van der Waals surface area contributed by atoms with Gasteiger partial charge in [-0.1, -0.05) is 29.2 Å². The molecular weight excluding hydrogens is 550 g/mol. The van der Waals surface area contributed by atoms with Crippen molar-refractivity contribution in [3.8, 4) is 0 Å². The zero-order valence-electron chi connectivity index (χ0n) is 26.1. The van der Waals surface area contributed by atoms with Crippen LogP contribution < -0.4 is 0 Å². The minimum Gasteiger partial charge on any atom is -0.378 e. The first-order valence-electron chi connectivity index (χ1n) is 16.2. The average molecular weight is 600 g/mol. The van der Waals surface area contributed by atoms with Crippen LogP contribution in [-0.2, 0) is 19.0 Å². The zero-order valence-corrected chi connectivity index (χ0v) is 26.1. The molecule has 238 valence electrons. The molecule has 4 aliphatic carbocycles. The quantitative estimate of drug-likeness (QED) is 0.0759. The third kappa shape index (κ3) is 7.25. The van der Waals surface area contributed by atoms with Crippen LogP contribution in [0.2, 0.25) is 0 Å². The molecule has 0 aromatic heterocycles. The van der Waals surface area contributed by atoms with Crippen molar-refractivity contribution in [1.82, 2.24) is 0 Å². The Labute approximate surface area is 254 Å². The lowest BCUT2D eigenvalue weighted by Gasteiger charge is -2.64. The molecule has 10 atom stereocenters. The summed E-state index contributed by atoms with van der Waals surface area (Å²) in [5, 5.41) is 11.0. The SMILES string of the molecule is CC(=O)[C@H]1CC[C@H]2C3C(OCCCN=[N+]=[N-])CC4C[C@H](OCCCN=[N+]=[N-])CC[C@]4(C)[C@H]3C[C@H](OCCCN=[N+]=[N-])[C@]12C. The van der Waals surface area contributed by atoms with Crippen molar-refractivity contribution in [3.63, 3.8) is 0 Å². The van der Waals surface area contributed by atoms with E-state index in [1.54, 1.807) is 6.92 Å². The molecule has 13 nitrogen and oxygen atoms in total. The molecule has 0 aliphatic heterocycles. The molecule has 0 heterocycles. The van der Waals surface area contributed by atoms with Crippen molar-refractivity contribution in [3.05, 3.63) is 31.3 Å². The van der Waals surface area contributed by atoms with E-state index in [0.717, 1.165) is 51.4 Å². The lowest BCUT2D eigenvalue weighted by atomic mass is 9.43. The zero-order chi connectivity index (χ0) is 30.9. The second-order valence-electron chi connectivity index (χ2n) is 13.5. The topological polar surface area (TPSA) is 191 Å². The number of carbonyl (C=O) groups is 1. The van der Waals surface area contributed by atoms with Gasteiger partial charge in [0.15, 0.2) is 0 Å². The number of ketones is 1. The van der Waals surface area contributed by atoms with E-state index in [1.807, 2.05) is 0 Å². The van der Waals surface area contributed by atoms with Gasteiger partial charge in [-0.25, -0.2) is 0 Å². The van der Waals surface area contributed by atoms with E-state index in [1.165, 1.54) is 0 Å². The van der Waals surface area contributed by atoms with E-state index in [2.05, 4.69) is 43.9 Å². The van der Waals surface area contributed by atoms with Gasteiger partial charge in [0, 0.05) is 65.5 Å². The second kappa shape index (κ2) is 15.5. The normalized spacial score (nSPS) is 37.9. The molecule has 0 bridgehead atoms. The van der Waals surface area contributed by atoms with Gasteiger partial charge in [0.05, 0.1) is 18.3 Å². The van der Waals surface area contributed by atoms with Crippen LogP contribution in [-0.4, -0.2) is 63.6 Å². The fourth-order valence-electron chi connectivity index (χ4n) is 9.59. The van der Waals surface area contributed by atoms with Crippen LogP contribution >= 0.6 is 0 Å². The van der Waals surface area contributed by atoms with Crippen molar-refractivity contribution in [2.45, 2.75) is 103 Å². The molecule has 0 aromatic rings. The molecule has 0 amide bonds. The predicted octanol–water partition coefficient (Wildman–Crippen LogP) is 7.71. The summed E-state index contributed by atoms with van der Waals surface area (Å²) in [5.74, 6) is 1.69. The first kappa shape index (κ1) is 33.4. The number of rotatable bonds is 16. The van der Waals surface area contributed by atoms with Crippen LogP contribution in [0.1, 0.15) is 85.0 Å². The molecular formula is C30H49N9O4. The molecule has 3 unspecified atom stereocenters. The van der Waals surface area contributed by atoms with Crippen LogP contribution in [0.25, 0.3) is 31.3 Å². The maximum absolute atomic E-state index is 13.0. The molecule has 0 spiro atoms. The average Bonchev–Trinajstić information content (AvgIpc) is 3.35. The summed E-state index contributed by atoms with van der Waals surface area (Å²) < 4.78 is 19.7. The highest BCUT2D eigenvalue weighted by Crippen LogP contribution is 2.68. The Morgan fingerprint density at radius 2 is 1.40 bits per heavy atom. The summed E-state index contributed by atoms with van der Waals surface area (Å²) >= 11 is 0. The highest BCUT2D eigenvalue weighted by atomic mass is 16.5. The molecule has 0 N–H and O–H groups in total. The number of carbonyl (C=O) groups excluding carboxylic acids is 1. The molecule has 0 aromatic carbocycles. The van der Waals surface area contributed by atoms with Gasteiger partial charge in [-0.15, -0.1) is 0 Å². The number of hydrogen-bond donors (Lipinski definition) is 0. The van der Waals surface area contributed by atoms with E-state index in [0.29, 0.717) is 76.0 Å². The minimum atomic E-state index is -0.270. The summed E-state index contributed by atoms with van der Waals surface area (Å²) in [6.45, 7) is 9.43. The van der Waals surface area contributed by atoms with Gasteiger partial charge in [0.1, 0.15) is 5.78 Å². The molecule has 4 fully saturated rings. The van der Waals surface area contributed by atoms with Crippen molar-refractivity contribution in [1.29, 1.82) is 0 Å². The Morgan fingerprint density at radius 1 is 0.791 bits per heavy atom. The lowest BCUT2D eigenvalue weighted by molar-refractivity contribution is -0.224. The maximum Gasteiger partial charge on any atom is 0.133 e. The lowest BCUT2D eigenvalue weighted by Crippen LogP contribution is -2.63. The van der Waals surface area contributed by atoms with Crippen molar-refractivity contribution in [2.75, 3.05) is 39.5 Å². The first-order chi connectivity index (χ1) is 20.8. The van der Waals surface area contributed by atoms with Crippen LogP contribution in [0, 0.1) is 40.4 Å². The van der Waals surface area contributed by atoms with Gasteiger partial charge < -0.3 is 14.2 Å². The molecule has 4 saturated carbocycles. The largest absolute Gasteiger partial charge is 0.378 e. The Bertz CT molecular complexity index is 1110. The minimum absolute atomic E-state index is 0.0359. The van der Waals surface area contributed by atoms with Gasteiger partial charge in [-0.3, -0.25) is 4.79 Å². The number of nitrogens with zero attached hydrogens (tertiary/aromatic N) is 9. The van der Waals surface area contributed by atoms with Crippen molar-refractivity contribution in [2.24, 2.45) is 55.8 Å². The molecule has 43 heavy (non-hydrogen) atoms. The number of hydrogen-bond acceptors (Lipinski definition) is 7. The number of ether oxygens (including phenoxy) is 3. The predicted molar refractivity (Wildman–Crippen MR) is 162 cm³/mol. The Kier molecular flexibility index (Phi) is 12.0. The maximum atomic E-state index is 13.0. The molecule has 0 saturated heterocycles. The van der Waals surface area contributed by atoms with E-state index in [9.17, 15) is 4.79 Å². The molecule has 4 aliphatic rings. The smallest absolute Gasteiger partial charge is 0.133 e. The molecule has 0 radical (unpaired) electrons. The van der Waals surface area contributed by atoms with E-state index >= 15 is 0 Å². The van der Waals surface area contributed by atoms with Gasteiger partial charge in [0.2, 0.25) is 0 Å². The number of fused-ring (bicyclic) bond motifs is 5. The van der Waals surface area contributed by atoms with Crippen molar-refractivity contribution >= 4 is 5.78 Å². The van der Waals surface area contributed by atoms with Crippen molar-refractivity contribution < 1.29 is 19.0 Å². The van der Waals surface area contributed by atoms with Gasteiger partial charge in [0.25, 0.3) is 0 Å². The highest BCUT2D eigenvalue weighted by molar-refractivity contribution is 5.79. The summed E-state index contributed by atoms with van der Waals surface area (Å²) in [6, 6.07) is 0. The number of Topliss-reactive ketones (excluding diaryl/α,β-unsaturated/α-hetero) is 1. The van der Waals surface area contributed by atoms with Gasteiger partial charge >= 0.3 is 0 Å². The van der Waals surface area contributed by atoms with E-state index in [-0.39, 0.29) is 40.8 Å². The van der Waals surface area contributed by atoms with Gasteiger partial charge in [-0.05, 0) is 117 Å². The fourth-order valence-corrected chi connectivity index (χ4v) is 9.59. The van der Waals surface area contributed by atoms with Gasteiger partial charge in [-0.2, -0.15) is 0 Å². The van der Waals surface area contributed by atoms with Crippen LogP contribution in [0.4, 0.5) is 0 Å². The molecule has 13 heteroatoms. The van der Waals surface area contributed by atoms with Crippen LogP contribution in [0.15, 0.2) is 15.3 Å². The Hall–Kier alpha value is -2.52. The van der Waals surface area contributed by atoms with E-state index < -0.39 is 0 Å². The summed E-state index contributed by atoms with van der Waals surface area (Å²) in [4.78, 5) is 21.6. The van der Waals surface area contributed by atoms with Crippen LogP contribution in [0.5, 0.6) is 0 Å². The van der Waals surface area contributed by atoms with Crippen LogP contribution in [0.3, 0.4) is 0 Å². The number of azide groups is 3. The Morgan fingerprint density at radius 3 is 2.00 bits per heavy atom. The third-order valence-electron chi connectivity index (χ3n) is 11.6. The summed E-state index contributed by atoms with van der Waals surface area (Å²) in [6.07, 6.45) is 9.08. The standard InChI is InChI=1S/C30H49N9O4/c1-20(40)23-7-8-24-28-25(19-27(30(23,24)3)43-16-6-13-36-39-33)29(2)10-9-22(41-14-4-11-34-37-31)17-21(29)18-26(28)42-15-5-12-35-38-32/h21-28H,4-19H2,1-3H3/t21?,22-,23-,24+,25+,26?,27+,28?,29+,30-/m1/s1. The summed E-state index contributed by atoms with van der Waals surface area (Å²) in [7, 11) is 0.